The van der Waals surface area contributed by atoms with E-state index in [0.717, 1.165) is 0 Å². The Labute approximate surface area is 523 Å². The van der Waals surface area contributed by atoms with Gasteiger partial charge in [0.25, 0.3) is 0 Å². The first-order valence-corrected chi connectivity index (χ1v) is 29.6. The minimum atomic E-state index is -2.03. The first kappa shape index (κ1) is 69.8. The number of carboxylic acid groups (broad SMARTS) is 2. The topological polar surface area (TPSA) is 440 Å². The van der Waals surface area contributed by atoms with Gasteiger partial charge in [-0.05, 0) is 66.0 Å². The lowest BCUT2D eigenvalue weighted by Gasteiger charge is -2.31. The van der Waals surface area contributed by atoms with Crippen molar-refractivity contribution in [3.8, 4) is 5.75 Å². The number of aliphatic carboxylic acids is 2. The molecule has 2 aliphatic rings. The number of aliphatic hydroxyl groups is 1. The normalized spacial score (nSPS) is 23.9. The van der Waals surface area contributed by atoms with Crippen LogP contribution in [0, 0.1) is 5.92 Å². The molecule has 28 heteroatoms. The molecule has 486 valence electrons. The molecule has 0 radical (unpaired) electrons. The number of aliphatic hydroxyl groups excluding tert-OH is 1. The number of nitrogens with one attached hydrogen (secondary N) is 9. The van der Waals surface area contributed by atoms with Gasteiger partial charge in [-0.3, -0.25) is 62.3 Å². The highest BCUT2D eigenvalue weighted by Crippen LogP contribution is 2.22. The minimum absolute atomic E-state index is 0.00564. The van der Waals surface area contributed by atoms with E-state index in [4.69, 9.17) is 5.73 Å². The highest BCUT2D eigenvalue weighted by atomic mass is 16.4. The van der Waals surface area contributed by atoms with Gasteiger partial charge in [0.2, 0.25) is 65.0 Å². The Morgan fingerprint density at radius 2 is 0.802 bits per heavy atom. The molecule has 0 unspecified atom stereocenters. The number of amides is 11. The molecule has 4 aromatic carbocycles. The highest BCUT2D eigenvalue weighted by Gasteiger charge is 2.42. The summed E-state index contributed by atoms with van der Waals surface area (Å²) in [6, 6.07) is 13.5. The summed E-state index contributed by atoms with van der Waals surface area (Å²) in [7, 11) is 0. The van der Waals surface area contributed by atoms with Crippen LogP contribution in [-0.2, 0) is 88.0 Å². The number of carboxylic acids is 2. The molecule has 0 bridgehead atoms. The van der Waals surface area contributed by atoms with Crippen molar-refractivity contribution >= 4 is 76.9 Å². The van der Waals surface area contributed by atoms with E-state index < -0.39 is 176 Å². The molecule has 0 aliphatic carbocycles. The van der Waals surface area contributed by atoms with Crippen molar-refractivity contribution in [1.29, 1.82) is 0 Å². The highest BCUT2D eigenvalue weighted by molar-refractivity contribution is 6.01. The third kappa shape index (κ3) is 21.8. The predicted molar refractivity (Wildman–Crippen MR) is 324 cm³/mol. The molecule has 0 aromatic heterocycles. The smallest absolute Gasteiger partial charge is 0.305 e. The number of carbonyl (C=O) groups is 13. The Morgan fingerprint density at radius 1 is 0.462 bits per heavy atom. The van der Waals surface area contributed by atoms with Crippen LogP contribution in [-0.4, -0.2) is 176 Å². The number of phenolic OH excluding ortho intramolecular Hbond substituents is 1. The predicted octanol–water partition coefficient (Wildman–Crippen LogP) is -1.72. The fourth-order valence-corrected chi connectivity index (χ4v) is 10.4. The zero-order valence-electron chi connectivity index (χ0n) is 50.1. The van der Waals surface area contributed by atoms with Crippen LogP contribution in [0.2, 0.25) is 0 Å². The van der Waals surface area contributed by atoms with E-state index in [-0.39, 0.29) is 62.3 Å². The molecule has 2 aliphatic heterocycles. The first-order chi connectivity index (χ1) is 43.4. The van der Waals surface area contributed by atoms with Crippen molar-refractivity contribution in [2.24, 2.45) is 11.7 Å². The van der Waals surface area contributed by atoms with E-state index in [1.807, 2.05) is 0 Å². The zero-order valence-corrected chi connectivity index (χ0v) is 50.1. The van der Waals surface area contributed by atoms with Gasteiger partial charge in [-0.1, -0.05) is 117 Å². The lowest BCUT2D eigenvalue weighted by Crippen LogP contribution is -2.62. The number of hydrogen-bond donors (Lipinski definition) is 14. The molecule has 2 heterocycles. The summed E-state index contributed by atoms with van der Waals surface area (Å²) in [4.78, 5) is 184. The first-order valence-electron chi connectivity index (χ1n) is 29.6. The summed E-state index contributed by atoms with van der Waals surface area (Å²) in [6.45, 7) is 2.22. The Bertz CT molecular complexity index is 3250. The maximum Gasteiger partial charge on any atom is 0.305 e. The van der Waals surface area contributed by atoms with Gasteiger partial charge in [0.1, 0.15) is 66.2 Å². The molecule has 2 saturated heterocycles. The fourth-order valence-electron chi connectivity index (χ4n) is 10.4. The van der Waals surface area contributed by atoms with Crippen LogP contribution in [0.5, 0.6) is 5.75 Å². The summed E-state index contributed by atoms with van der Waals surface area (Å²) in [6.07, 6.45) is -4.20. The fraction of sp³-hybridized carbons (Fsp3) is 0.413. The number of nitrogens with two attached hydrogens (primary N) is 1. The average Bonchev–Trinajstić information content (AvgIpc) is 1.91. The Kier molecular flexibility index (Phi) is 26.0. The van der Waals surface area contributed by atoms with Crippen LogP contribution in [0.1, 0.15) is 81.0 Å². The lowest BCUT2D eigenvalue weighted by atomic mass is 10.00. The van der Waals surface area contributed by atoms with Crippen molar-refractivity contribution in [1.82, 2.24) is 52.8 Å². The molecule has 11 amide bonds. The summed E-state index contributed by atoms with van der Waals surface area (Å²) in [5.41, 5.74) is 7.31. The van der Waals surface area contributed by atoms with Crippen LogP contribution in [0.3, 0.4) is 0 Å². The van der Waals surface area contributed by atoms with Gasteiger partial charge in [-0.15, -0.1) is 0 Å². The van der Waals surface area contributed by atoms with Crippen molar-refractivity contribution < 1.29 is 82.8 Å². The number of fused-ring (bicyclic) bond motifs is 1. The van der Waals surface area contributed by atoms with E-state index in [9.17, 15) is 78.0 Å². The monoisotopic (exact) mass is 1260 g/mol. The Morgan fingerprint density at radius 3 is 1.23 bits per heavy atom. The van der Waals surface area contributed by atoms with Crippen molar-refractivity contribution in [3.63, 3.8) is 0 Å². The minimum Gasteiger partial charge on any atom is -0.508 e. The van der Waals surface area contributed by atoms with Gasteiger partial charge >= 0.3 is 11.9 Å². The molecule has 6 rings (SSSR count). The molecular formula is C63H77N11O17. The number of nitrogens with zero attached hydrogens (tertiary/aromatic N) is 1. The number of carbonyl (C=O) groups excluding carboxylic acids is 11. The number of rotatable bonds is 18. The molecule has 4 aromatic rings. The number of primary amides is 1. The van der Waals surface area contributed by atoms with E-state index in [0.29, 0.717) is 16.7 Å². The van der Waals surface area contributed by atoms with Gasteiger partial charge < -0.3 is 78.9 Å². The van der Waals surface area contributed by atoms with E-state index in [2.05, 4.69) is 47.9 Å². The summed E-state index contributed by atoms with van der Waals surface area (Å²) >= 11 is 0. The quantitative estimate of drug-likeness (QED) is 0.0527. The maximum absolute atomic E-state index is 15.0. The van der Waals surface area contributed by atoms with Crippen LogP contribution < -0.4 is 53.6 Å². The SMILES string of the molecule is CC(C)C[C@@H]1NC(=O)[C@H](CC(=O)O)NC(=O)[C@H](CO)NC(=O)[C@H](Cc2ccc(O)cc2)NC(=O)[C@H](CCC(N)=O)NC(=O)[C@H](CC(=O)O)NC(=O)[C@@H](Cc2ccccc2)NC(=O)[C@H](Cc2ccccc2)NC(=O)[C@@H]2CCCN2C(=O)[C@@H](Cc2ccccc2)NC1=O. The third-order valence-corrected chi connectivity index (χ3v) is 15.1. The van der Waals surface area contributed by atoms with Crippen LogP contribution in [0.15, 0.2) is 115 Å². The van der Waals surface area contributed by atoms with Gasteiger partial charge in [0.15, 0.2) is 0 Å². The van der Waals surface area contributed by atoms with Gasteiger partial charge in [-0.25, -0.2) is 0 Å². The van der Waals surface area contributed by atoms with Gasteiger partial charge in [-0.2, -0.15) is 0 Å². The molecule has 0 saturated carbocycles. The summed E-state index contributed by atoms with van der Waals surface area (Å²) in [5, 5.41) is 62.9. The number of aromatic hydroxyl groups is 1. The van der Waals surface area contributed by atoms with Crippen molar-refractivity contribution in [3.05, 3.63) is 138 Å². The van der Waals surface area contributed by atoms with Gasteiger partial charge in [0.05, 0.1) is 19.4 Å². The number of phenols is 1. The van der Waals surface area contributed by atoms with E-state index in [1.165, 1.54) is 29.2 Å². The third-order valence-electron chi connectivity index (χ3n) is 15.1. The maximum atomic E-state index is 15.0. The lowest BCUT2D eigenvalue weighted by molar-refractivity contribution is -0.143. The van der Waals surface area contributed by atoms with Crippen LogP contribution in [0.4, 0.5) is 0 Å². The number of hydrogen-bond acceptors (Lipinski definition) is 15. The van der Waals surface area contributed by atoms with Crippen molar-refractivity contribution in [2.75, 3.05) is 13.2 Å². The second kappa shape index (κ2) is 33.9. The summed E-state index contributed by atoms with van der Waals surface area (Å²) < 4.78 is 0. The Balaban J connectivity index is 1.46. The molecule has 0 spiro atoms. The van der Waals surface area contributed by atoms with Crippen LogP contribution in [0.25, 0.3) is 0 Å². The number of benzene rings is 4. The van der Waals surface area contributed by atoms with Gasteiger partial charge in [0, 0.05) is 38.6 Å². The molecule has 28 nitrogen and oxygen atoms in total. The average molecular weight is 1260 g/mol. The second-order valence-electron chi connectivity index (χ2n) is 22.7. The molecular weight excluding hydrogens is 1180 g/mol. The molecule has 91 heavy (non-hydrogen) atoms. The second-order valence-corrected chi connectivity index (χ2v) is 22.7. The van der Waals surface area contributed by atoms with E-state index in [1.54, 1.807) is 105 Å². The molecule has 15 N–H and O–H groups in total. The van der Waals surface area contributed by atoms with E-state index >= 15 is 4.79 Å². The largest absolute Gasteiger partial charge is 0.508 e. The molecule has 10 atom stereocenters. The summed E-state index contributed by atoms with van der Waals surface area (Å²) in [5.74, 6) is -15.5. The standard InChI is InChI=1S/C63H77N11O17/c1-35(2)27-42-55(83)72-48(31-38-17-10-5-11-18-38)63(91)74-26-12-19-50(74)62(90)71-45(29-37-15-8-4-9-16-37)57(85)68-43(28-36-13-6-3-7-14-36)56(84)69-46(32-52(78)79)59(87)65-41(24-25-51(64)77)54(82)67-44(30-39-20-22-40(76)23-21-39)58(86)73-49(34-75)61(89)70-47(33-53(80)81)60(88)66-42/h3-11,13-18,20-23,35,41-50,75-76H,12,19,24-34H2,1-2H3,(H2,64,77)(H,65,87)(H,66,88)(H,67,82)(H,68,85)(H,69,84)(H,70,89)(H,71,90)(H,72,83)(H,73,86)(H,78,79)(H,80,81)/t41-,42-,43+,44-,45-,46-,47-,48+,49-,50-/m0/s1. The van der Waals surface area contributed by atoms with Crippen molar-refractivity contribution in [2.45, 2.75) is 145 Å². The van der Waals surface area contributed by atoms with Crippen LogP contribution >= 0.6 is 0 Å². The zero-order chi connectivity index (χ0) is 66.3. The molecule has 2 fully saturated rings. The Hall–Kier alpha value is -10.3.